The quantitative estimate of drug-likeness (QED) is 0.913. The first-order valence-corrected chi connectivity index (χ1v) is 8.54. The van der Waals surface area contributed by atoms with Gasteiger partial charge in [-0.25, -0.2) is 17.5 Å². The van der Waals surface area contributed by atoms with E-state index in [2.05, 4.69) is 4.72 Å². The fourth-order valence-corrected chi connectivity index (χ4v) is 3.71. The van der Waals surface area contributed by atoms with Crippen LogP contribution in [0.2, 0.25) is 5.02 Å². The third-order valence-corrected chi connectivity index (χ3v) is 5.47. The number of hydrogen-bond acceptors (Lipinski definition) is 2. The molecule has 2 aromatic carbocycles. The van der Waals surface area contributed by atoms with Gasteiger partial charge in [0.2, 0.25) is 10.0 Å². The van der Waals surface area contributed by atoms with Gasteiger partial charge in [0.05, 0.1) is 10.4 Å². The summed E-state index contributed by atoms with van der Waals surface area (Å²) in [6.07, 6.45) is 0. The zero-order valence-corrected chi connectivity index (χ0v) is 14.1. The Hall–Kier alpha value is -1.43. The Morgan fingerprint density at radius 2 is 1.68 bits per heavy atom. The Morgan fingerprint density at radius 3 is 2.23 bits per heavy atom. The van der Waals surface area contributed by atoms with E-state index in [4.69, 9.17) is 11.6 Å². The highest BCUT2D eigenvalue weighted by Gasteiger charge is 2.28. The Labute approximate surface area is 135 Å². The highest BCUT2D eigenvalue weighted by Crippen LogP contribution is 2.25. The van der Waals surface area contributed by atoms with Crippen molar-refractivity contribution in [2.75, 3.05) is 0 Å². The average molecular weight is 342 g/mol. The van der Waals surface area contributed by atoms with E-state index in [1.165, 1.54) is 24.3 Å². The summed E-state index contributed by atoms with van der Waals surface area (Å²) < 4.78 is 40.7. The van der Waals surface area contributed by atoms with Gasteiger partial charge in [-0.05, 0) is 62.2 Å². The van der Waals surface area contributed by atoms with Crippen molar-refractivity contribution in [3.63, 3.8) is 0 Å². The molecule has 0 aliphatic heterocycles. The Balaban J connectivity index is 2.34. The molecule has 1 N–H and O–H groups in total. The van der Waals surface area contributed by atoms with E-state index in [1.54, 1.807) is 39.0 Å². The standard InChI is InChI=1S/C16H17ClFNO2S/c1-11-10-14(8-9-15(11)17)22(20,21)19-16(2,3)12-4-6-13(18)7-5-12/h4-10,19H,1-3H3. The summed E-state index contributed by atoms with van der Waals surface area (Å²) in [5.41, 5.74) is 0.479. The third-order valence-electron chi connectivity index (χ3n) is 3.40. The monoisotopic (exact) mass is 341 g/mol. The van der Waals surface area contributed by atoms with Gasteiger partial charge in [-0.3, -0.25) is 0 Å². The summed E-state index contributed by atoms with van der Waals surface area (Å²) in [5, 5.41) is 0.511. The normalized spacial score (nSPS) is 12.4. The maximum Gasteiger partial charge on any atom is 0.241 e. The Kier molecular flexibility index (Phi) is 4.61. The van der Waals surface area contributed by atoms with Crippen LogP contribution >= 0.6 is 11.6 Å². The van der Waals surface area contributed by atoms with Gasteiger partial charge >= 0.3 is 0 Å². The van der Waals surface area contributed by atoms with E-state index in [1.807, 2.05) is 0 Å². The summed E-state index contributed by atoms with van der Waals surface area (Å²) in [7, 11) is -3.72. The van der Waals surface area contributed by atoms with Crippen LogP contribution in [-0.4, -0.2) is 8.42 Å². The first-order chi connectivity index (χ1) is 10.1. The van der Waals surface area contributed by atoms with Crippen molar-refractivity contribution in [3.8, 4) is 0 Å². The molecule has 0 amide bonds. The summed E-state index contributed by atoms with van der Waals surface area (Å²) in [4.78, 5) is 0.143. The minimum atomic E-state index is -3.72. The molecule has 0 aromatic heterocycles. The van der Waals surface area contributed by atoms with Gasteiger partial charge in [0.25, 0.3) is 0 Å². The van der Waals surface area contributed by atoms with Gasteiger partial charge in [0.1, 0.15) is 5.82 Å². The molecule has 2 aromatic rings. The summed E-state index contributed by atoms with van der Waals surface area (Å²) in [6, 6.07) is 10.3. The predicted octanol–water partition coefficient (Wildman–Crippen LogP) is 4.00. The van der Waals surface area contributed by atoms with Gasteiger partial charge in [-0.15, -0.1) is 0 Å². The van der Waals surface area contributed by atoms with Crippen molar-refractivity contribution in [1.82, 2.24) is 4.72 Å². The maximum absolute atomic E-state index is 13.0. The smallest absolute Gasteiger partial charge is 0.207 e. The number of sulfonamides is 1. The van der Waals surface area contributed by atoms with E-state index in [0.717, 1.165) is 0 Å². The summed E-state index contributed by atoms with van der Waals surface area (Å²) >= 11 is 5.92. The molecule has 0 unspecified atom stereocenters. The molecule has 0 heterocycles. The number of rotatable bonds is 4. The average Bonchev–Trinajstić information content (AvgIpc) is 2.41. The molecular weight excluding hydrogens is 325 g/mol. The fourth-order valence-electron chi connectivity index (χ4n) is 2.10. The SMILES string of the molecule is Cc1cc(S(=O)(=O)NC(C)(C)c2ccc(F)cc2)ccc1Cl. The number of nitrogens with one attached hydrogen (secondary N) is 1. The molecule has 22 heavy (non-hydrogen) atoms. The van der Waals surface area contributed by atoms with Crippen LogP contribution in [0.15, 0.2) is 47.4 Å². The second-order valence-electron chi connectivity index (χ2n) is 5.65. The molecule has 0 bridgehead atoms. The van der Waals surface area contributed by atoms with Gasteiger partial charge in [-0.1, -0.05) is 23.7 Å². The molecule has 0 aliphatic rings. The second-order valence-corrected chi connectivity index (χ2v) is 7.74. The van der Waals surface area contributed by atoms with Crippen LogP contribution in [0.25, 0.3) is 0 Å². The van der Waals surface area contributed by atoms with Gasteiger partial charge in [0.15, 0.2) is 0 Å². The van der Waals surface area contributed by atoms with E-state index in [9.17, 15) is 12.8 Å². The molecule has 118 valence electrons. The lowest BCUT2D eigenvalue weighted by atomic mass is 9.96. The van der Waals surface area contributed by atoms with Crippen molar-refractivity contribution in [1.29, 1.82) is 0 Å². The molecule has 3 nitrogen and oxygen atoms in total. The van der Waals surface area contributed by atoms with Crippen molar-refractivity contribution in [2.24, 2.45) is 0 Å². The van der Waals surface area contributed by atoms with E-state index >= 15 is 0 Å². The number of aryl methyl sites for hydroxylation is 1. The molecule has 0 radical (unpaired) electrons. The zero-order valence-electron chi connectivity index (χ0n) is 12.5. The molecule has 0 saturated carbocycles. The number of halogens is 2. The van der Waals surface area contributed by atoms with Crippen molar-refractivity contribution < 1.29 is 12.8 Å². The van der Waals surface area contributed by atoms with Crippen LogP contribution in [0.5, 0.6) is 0 Å². The largest absolute Gasteiger partial charge is 0.241 e. The molecule has 0 saturated heterocycles. The van der Waals surface area contributed by atoms with E-state index in [-0.39, 0.29) is 10.7 Å². The minimum absolute atomic E-state index is 0.143. The first-order valence-electron chi connectivity index (χ1n) is 6.68. The second kappa shape index (κ2) is 5.99. The maximum atomic E-state index is 13.0. The predicted molar refractivity (Wildman–Crippen MR) is 85.9 cm³/mol. The Bertz CT molecular complexity index is 786. The van der Waals surface area contributed by atoms with E-state index < -0.39 is 15.6 Å². The van der Waals surface area contributed by atoms with Crippen molar-refractivity contribution in [3.05, 3.63) is 64.4 Å². The van der Waals surface area contributed by atoms with Crippen LogP contribution in [0.4, 0.5) is 4.39 Å². The molecule has 0 spiro atoms. The number of benzene rings is 2. The lowest BCUT2D eigenvalue weighted by Crippen LogP contribution is -2.40. The Morgan fingerprint density at radius 1 is 1.09 bits per heavy atom. The highest BCUT2D eigenvalue weighted by atomic mass is 35.5. The van der Waals surface area contributed by atoms with Gasteiger partial charge in [-0.2, -0.15) is 0 Å². The van der Waals surface area contributed by atoms with Crippen molar-refractivity contribution >= 4 is 21.6 Å². The lowest BCUT2D eigenvalue weighted by Gasteiger charge is -2.26. The first kappa shape index (κ1) is 16.9. The summed E-state index contributed by atoms with van der Waals surface area (Å²) in [5.74, 6) is -0.365. The van der Waals surface area contributed by atoms with E-state index in [0.29, 0.717) is 16.1 Å². The van der Waals surface area contributed by atoms with Crippen LogP contribution in [0, 0.1) is 12.7 Å². The lowest BCUT2D eigenvalue weighted by molar-refractivity contribution is 0.471. The fraction of sp³-hybridized carbons (Fsp3) is 0.250. The minimum Gasteiger partial charge on any atom is -0.207 e. The van der Waals surface area contributed by atoms with Crippen LogP contribution in [0.1, 0.15) is 25.0 Å². The molecule has 2 rings (SSSR count). The third kappa shape index (κ3) is 3.66. The molecule has 0 atom stereocenters. The number of hydrogen-bond donors (Lipinski definition) is 1. The molecule has 0 aliphatic carbocycles. The van der Waals surface area contributed by atoms with Gasteiger partial charge < -0.3 is 0 Å². The summed E-state index contributed by atoms with van der Waals surface area (Å²) in [6.45, 7) is 5.19. The van der Waals surface area contributed by atoms with Gasteiger partial charge in [0, 0.05) is 5.02 Å². The van der Waals surface area contributed by atoms with Crippen LogP contribution in [-0.2, 0) is 15.6 Å². The molecular formula is C16H17ClFNO2S. The van der Waals surface area contributed by atoms with Crippen LogP contribution < -0.4 is 4.72 Å². The van der Waals surface area contributed by atoms with Crippen LogP contribution in [0.3, 0.4) is 0 Å². The molecule has 6 heteroatoms. The van der Waals surface area contributed by atoms with Crippen molar-refractivity contribution in [2.45, 2.75) is 31.2 Å². The topological polar surface area (TPSA) is 46.2 Å². The highest BCUT2D eigenvalue weighted by molar-refractivity contribution is 7.89. The molecule has 0 fully saturated rings. The zero-order chi connectivity index (χ0) is 16.5.